The highest BCUT2D eigenvalue weighted by Gasteiger charge is 1.99. The Morgan fingerprint density at radius 1 is 1.46 bits per heavy atom. The molecular weight excluding hydrogens is 206 g/mol. The summed E-state index contributed by atoms with van der Waals surface area (Å²) < 4.78 is 0. The van der Waals surface area contributed by atoms with Gasteiger partial charge in [-0.15, -0.1) is 0 Å². The molecule has 1 amide bonds. The zero-order valence-corrected chi connectivity index (χ0v) is 8.78. The first kappa shape index (κ1) is 10.4. The minimum Gasteiger partial charge on any atom is -0.350 e. The van der Waals surface area contributed by atoms with Crippen LogP contribution in [0.4, 0.5) is 4.79 Å². The number of halogens is 1. The normalized spacial score (nSPS) is 9.69. The SMILES string of the molecule is CNC(=O)SCc1ccc(Cl)cc1. The van der Waals surface area contributed by atoms with Crippen molar-refractivity contribution >= 4 is 28.6 Å². The van der Waals surface area contributed by atoms with Crippen molar-refractivity contribution in [2.24, 2.45) is 0 Å². The molecule has 0 spiro atoms. The zero-order valence-electron chi connectivity index (χ0n) is 7.21. The number of hydrogen-bond acceptors (Lipinski definition) is 2. The highest BCUT2D eigenvalue weighted by molar-refractivity contribution is 8.12. The summed E-state index contributed by atoms with van der Waals surface area (Å²) >= 11 is 6.96. The van der Waals surface area contributed by atoms with E-state index in [1.54, 1.807) is 7.05 Å². The molecule has 0 unspecified atom stereocenters. The molecule has 0 aromatic heterocycles. The van der Waals surface area contributed by atoms with Crippen LogP contribution in [-0.4, -0.2) is 12.3 Å². The number of nitrogens with one attached hydrogen (secondary N) is 1. The van der Waals surface area contributed by atoms with E-state index in [0.717, 1.165) is 5.56 Å². The molecular formula is C9H10ClNOS. The van der Waals surface area contributed by atoms with Crippen LogP contribution in [0.2, 0.25) is 5.02 Å². The lowest BCUT2D eigenvalue weighted by Crippen LogP contribution is -2.11. The average Bonchev–Trinajstić information content (AvgIpc) is 2.16. The third-order valence-corrected chi connectivity index (χ3v) is 2.68. The van der Waals surface area contributed by atoms with Crippen molar-refractivity contribution in [1.29, 1.82) is 0 Å². The van der Waals surface area contributed by atoms with Crippen molar-refractivity contribution in [2.75, 3.05) is 7.05 Å². The summed E-state index contributed by atoms with van der Waals surface area (Å²) in [4.78, 5) is 10.9. The molecule has 0 atom stereocenters. The summed E-state index contributed by atoms with van der Waals surface area (Å²) in [5.74, 6) is 0.677. The molecule has 4 heteroatoms. The van der Waals surface area contributed by atoms with Gasteiger partial charge in [-0.1, -0.05) is 35.5 Å². The lowest BCUT2D eigenvalue weighted by atomic mass is 10.2. The van der Waals surface area contributed by atoms with Crippen molar-refractivity contribution in [3.05, 3.63) is 34.9 Å². The van der Waals surface area contributed by atoms with Crippen molar-refractivity contribution in [2.45, 2.75) is 5.75 Å². The standard InChI is InChI=1S/C9H10ClNOS/c1-11-9(12)13-6-7-2-4-8(10)5-3-7/h2-5H,6H2,1H3,(H,11,12). The van der Waals surface area contributed by atoms with Crippen LogP contribution in [0.1, 0.15) is 5.56 Å². The number of thioether (sulfide) groups is 1. The van der Waals surface area contributed by atoms with E-state index in [4.69, 9.17) is 11.6 Å². The van der Waals surface area contributed by atoms with Gasteiger partial charge in [-0.3, -0.25) is 4.79 Å². The molecule has 0 radical (unpaired) electrons. The predicted molar refractivity (Wildman–Crippen MR) is 57.2 cm³/mol. The van der Waals surface area contributed by atoms with Gasteiger partial charge in [-0.05, 0) is 17.7 Å². The number of rotatable bonds is 2. The quantitative estimate of drug-likeness (QED) is 0.822. The Hall–Kier alpha value is -0.670. The van der Waals surface area contributed by atoms with Crippen LogP contribution < -0.4 is 5.32 Å². The molecule has 1 N–H and O–H groups in total. The molecule has 2 nitrogen and oxygen atoms in total. The summed E-state index contributed by atoms with van der Waals surface area (Å²) in [6.07, 6.45) is 0. The van der Waals surface area contributed by atoms with Gasteiger partial charge in [-0.2, -0.15) is 0 Å². The summed E-state index contributed by atoms with van der Waals surface area (Å²) in [5.41, 5.74) is 1.10. The van der Waals surface area contributed by atoms with E-state index in [0.29, 0.717) is 10.8 Å². The molecule has 0 saturated heterocycles. The van der Waals surface area contributed by atoms with Crippen LogP contribution in [0.25, 0.3) is 0 Å². The summed E-state index contributed by atoms with van der Waals surface area (Å²) in [7, 11) is 1.62. The van der Waals surface area contributed by atoms with Gasteiger partial charge in [0.2, 0.25) is 0 Å². The van der Waals surface area contributed by atoms with Gasteiger partial charge in [0, 0.05) is 17.8 Å². The Morgan fingerprint density at radius 2 is 2.08 bits per heavy atom. The molecule has 0 saturated carbocycles. The molecule has 0 heterocycles. The van der Waals surface area contributed by atoms with Crippen molar-refractivity contribution < 1.29 is 4.79 Å². The molecule has 0 aliphatic carbocycles. The topological polar surface area (TPSA) is 29.1 Å². The van der Waals surface area contributed by atoms with Crippen LogP contribution in [-0.2, 0) is 5.75 Å². The number of hydrogen-bond donors (Lipinski definition) is 1. The second-order valence-corrected chi connectivity index (χ2v) is 3.84. The van der Waals surface area contributed by atoms with Crippen LogP contribution >= 0.6 is 23.4 Å². The third kappa shape index (κ3) is 3.70. The first-order valence-electron chi connectivity index (χ1n) is 3.81. The summed E-state index contributed by atoms with van der Waals surface area (Å²) in [5, 5.41) is 3.24. The number of carbonyl (C=O) groups excluding carboxylic acids is 1. The largest absolute Gasteiger partial charge is 0.350 e. The van der Waals surface area contributed by atoms with Gasteiger partial charge in [0.15, 0.2) is 0 Å². The number of carbonyl (C=O) groups is 1. The molecule has 0 fully saturated rings. The van der Waals surface area contributed by atoms with Gasteiger partial charge < -0.3 is 5.32 Å². The first-order valence-corrected chi connectivity index (χ1v) is 5.17. The Labute approximate surface area is 86.7 Å². The average molecular weight is 216 g/mol. The second kappa shape index (κ2) is 5.14. The molecule has 0 aliphatic rings. The van der Waals surface area contributed by atoms with Gasteiger partial charge in [-0.25, -0.2) is 0 Å². The lowest BCUT2D eigenvalue weighted by Gasteiger charge is -1.99. The lowest BCUT2D eigenvalue weighted by molar-refractivity contribution is 0.262. The zero-order chi connectivity index (χ0) is 9.68. The monoisotopic (exact) mass is 215 g/mol. The molecule has 70 valence electrons. The smallest absolute Gasteiger partial charge is 0.279 e. The minimum atomic E-state index is -0.0186. The van der Waals surface area contributed by atoms with Crippen LogP contribution in [0.3, 0.4) is 0 Å². The molecule has 1 aromatic rings. The summed E-state index contributed by atoms with van der Waals surface area (Å²) in [6, 6.07) is 7.47. The fourth-order valence-corrected chi connectivity index (χ4v) is 1.56. The Morgan fingerprint density at radius 3 is 2.62 bits per heavy atom. The molecule has 0 aliphatic heterocycles. The Kier molecular flexibility index (Phi) is 4.12. The van der Waals surface area contributed by atoms with Gasteiger partial charge in [0.1, 0.15) is 0 Å². The van der Waals surface area contributed by atoms with E-state index in [2.05, 4.69) is 5.32 Å². The maximum Gasteiger partial charge on any atom is 0.279 e. The maximum absolute atomic E-state index is 10.9. The fraction of sp³-hybridized carbons (Fsp3) is 0.222. The second-order valence-electron chi connectivity index (χ2n) is 2.45. The molecule has 13 heavy (non-hydrogen) atoms. The van der Waals surface area contributed by atoms with Crippen molar-refractivity contribution in [1.82, 2.24) is 5.32 Å². The highest BCUT2D eigenvalue weighted by atomic mass is 35.5. The van der Waals surface area contributed by atoms with E-state index in [1.807, 2.05) is 24.3 Å². The van der Waals surface area contributed by atoms with Crippen LogP contribution in [0.15, 0.2) is 24.3 Å². The van der Waals surface area contributed by atoms with E-state index in [1.165, 1.54) is 11.8 Å². The van der Waals surface area contributed by atoms with E-state index < -0.39 is 0 Å². The van der Waals surface area contributed by atoms with Gasteiger partial charge in [0.05, 0.1) is 0 Å². The first-order chi connectivity index (χ1) is 6.22. The van der Waals surface area contributed by atoms with E-state index in [-0.39, 0.29) is 5.24 Å². The van der Waals surface area contributed by atoms with Gasteiger partial charge >= 0.3 is 0 Å². The van der Waals surface area contributed by atoms with Gasteiger partial charge in [0.25, 0.3) is 5.24 Å². The van der Waals surface area contributed by atoms with Crippen LogP contribution in [0.5, 0.6) is 0 Å². The molecule has 1 rings (SSSR count). The van der Waals surface area contributed by atoms with E-state index in [9.17, 15) is 4.79 Å². The molecule has 1 aromatic carbocycles. The van der Waals surface area contributed by atoms with Crippen molar-refractivity contribution in [3.63, 3.8) is 0 Å². The van der Waals surface area contributed by atoms with Crippen molar-refractivity contribution in [3.8, 4) is 0 Å². The highest BCUT2D eigenvalue weighted by Crippen LogP contribution is 2.15. The molecule has 0 bridgehead atoms. The van der Waals surface area contributed by atoms with Crippen LogP contribution in [0, 0.1) is 0 Å². The Balaban J connectivity index is 2.46. The third-order valence-electron chi connectivity index (χ3n) is 1.49. The Bertz CT molecular complexity index is 286. The predicted octanol–water partition coefficient (Wildman–Crippen LogP) is 2.91. The fourth-order valence-electron chi connectivity index (χ4n) is 0.802. The minimum absolute atomic E-state index is 0.0186. The van der Waals surface area contributed by atoms with E-state index >= 15 is 0 Å². The number of benzene rings is 1. The maximum atomic E-state index is 10.9. The number of amides is 1. The summed E-state index contributed by atoms with van der Waals surface area (Å²) in [6.45, 7) is 0.